The SMILES string of the molecule is COc1ccc(-c2nnsc2C(=O)Nc2ccc(OC)c(Cl)c2)cc1. The molecule has 0 aliphatic carbocycles. The topological polar surface area (TPSA) is 73.3 Å². The van der Waals surface area contributed by atoms with Crippen LogP contribution in [0, 0.1) is 0 Å². The Morgan fingerprint density at radius 1 is 1.12 bits per heavy atom. The molecule has 0 radical (unpaired) electrons. The second-order valence-corrected chi connectivity index (χ2v) is 6.14. The molecule has 0 fully saturated rings. The van der Waals surface area contributed by atoms with E-state index in [0.29, 0.717) is 27.0 Å². The number of aromatic nitrogens is 2. The van der Waals surface area contributed by atoms with Crippen molar-refractivity contribution in [2.24, 2.45) is 0 Å². The summed E-state index contributed by atoms with van der Waals surface area (Å²) in [4.78, 5) is 13.0. The maximum atomic E-state index is 12.6. The van der Waals surface area contributed by atoms with Gasteiger partial charge in [0, 0.05) is 11.3 Å². The maximum Gasteiger partial charge on any atom is 0.269 e. The lowest BCUT2D eigenvalue weighted by Crippen LogP contribution is -2.11. The number of ether oxygens (including phenoxy) is 2. The Morgan fingerprint density at radius 2 is 1.88 bits per heavy atom. The minimum absolute atomic E-state index is 0.304. The number of nitrogens with one attached hydrogen (secondary N) is 1. The number of carbonyl (C=O) groups excluding carboxylic acids is 1. The van der Waals surface area contributed by atoms with E-state index in [1.165, 1.54) is 7.11 Å². The van der Waals surface area contributed by atoms with Gasteiger partial charge in [0.15, 0.2) is 0 Å². The van der Waals surface area contributed by atoms with Gasteiger partial charge in [-0.3, -0.25) is 4.79 Å². The molecule has 0 saturated heterocycles. The highest BCUT2D eigenvalue weighted by Crippen LogP contribution is 2.29. The number of carbonyl (C=O) groups is 1. The average Bonchev–Trinajstić information content (AvgIpc) is 3.12. The van der Waals surface area contributed by atoms with Gasteiger partial charge in [-0.25, -0.2) is 0 Å². The summed E-state index contributed by atoms with van der Waals surface area (Å²) < 4.78 is 14.1. The highest BCUT2D eigenvalue weighted by molar-refractivity contribution is 7.08. The smallest absolute Gasteiger partial charge is 0.269 e. The van der Waals surface area contributed by atoms with E-state index in [1.807, 2.05) is 12.1 Å². The third-order valence-electron chi connectivity index (χ3n) is 3.47. The summed E-state index contributed by atoms with van der Waals surface area (Å²) in [5.74, 6) is 0.964. The Balaban J connectivity index is 1.83. The fourth-order valence-corrected chi connectivity index (χ4v) is 3.05. The van der Waals surface area contributed by atoms with Gasteiger partial charge in [-0.05, 0) is 54.0 Å². The minimum atomic E-state index is -0.304. The number of methoxy groups -OCH3 is 2. The Labute approximate surface area is 153 Å². The third-order valence-corrected chi connectivity index (χ3v) is 4.49. The summed E-state index contributed by atoms with van der Waals surface area (Å²) in [7, 11) is 3.13. The third kappa shape index (κ3) is 3.72. The van der Waals surface area contributed by atoms with Crippen LogP contribution in [0.25, 0.3) is 11.3 Å². The van der Waals surface area contributed by atoms with Gasteiger partial charge in [-0.2, -0.15) is 0 Å². The molecule has 3 aromatic rings. The Bertz CT molecular complexity index is 896. The van der Waals surface area contributed by atoms with Crippen LogP contribution in [0.15, 0.2) is 42.5 Å². The zero-order valence-electron chi connectivity index (χ0n) is 13.4. The summed E-state index contributed by atoms with van der Waals surface area (Å²) in [6.45, 7) is 0. The number of hydrogen-bond donors (Lipinski definition) is 1. The van der Waals surface area contributed by atoms with Crippen LogP contribution >= 0.6 is 23.1 Å². The van der Waals surface area contributed by atoms with Crippen molar-refractivity contribution in [2.75, 3.05) is 19.5 Å². The van der Waals surface area contributed by atoms with Gasteiger partial charge in [0.1, 0.15) is 22.1 Å². The first-order chi connectivity index (χ1) is 12.1. The van der Waals surface area contributed by atoms with Crippen molar-refractivity contribution in [3.63, 3.8) is 0 Å². The van der Waals surface area contributed by atoms with Crippen LogP contribution in [-0.4, -0.2) is 29.7 Å². The van der Waals surface area contributed by atoms with Crippen molar-refractivity contribution in [2.45, 2.75) is 0 Å². The molecule has 0 aliphatic heterocycles. The molecule has 25 heavy (non-hydrogen) atoms. The van der Waals surface area contributed by atoms with Crippen molar-refractivity contribution < 1.29 is 14.3 Å². The highest BCUT2D eigenvalue weighted by Gasteiger charge is 2.18. The molecule has 128 valence electrons. The average molecular weight is 376 g/mol. The lowest BCUT2D eigenvalue weighted by molar-refractivity contribution is 0.103. The summed E-state index contributed by atoms with van der Waals surface area (Å²) >= 11 is 7.11. The molecule has 0 aliphatic rings. The number of amides is 1. The summed E-state index contributed by atoms with van der Waals surface area (Å²) in [5.41, 5.74) is 1.86. The normalized spacial score (nSPS) is 10.4. The first-order valence-electron chi connectivity index (χ1n) is 7.24. The molecular weight excluding hydrogens is 362 g/mol. The van der Waals surface area contributed by atoms with Crippen molar-refractivity contribution in [3.05, 3.63) is 52.4 Å². The molecule has 1 amide bonds. The molecule has 0 atom stereocenters. The van der Waals surface area contributed by atoms with E-state index in [9.17, 15) is 4.79 Å². The second kappa shape index (κ2) is 7.50. The molecule has 0 bridgehead atoms. The van der Waals surface area contributed by atoms with Crippen LogP contribution < -0.4 is 14.8 Å². The zero-order valence-corrected chi connectivity index (χ0v) is 15.0. The molecule has 2 aromatic carbocycles. The van der Waals surface area contributed by atoms with Crippen LogP contribution in [0.5, 0.6) is 11.5 Å². The molecular formula is C17H14ClN3O3S. The predicted molar refractivity (Wildman–Crippen MR) is 97.9 cm³/mol. The zero-order chi connectivity index (χ0) is 17.8. The molecule has 0 spiro atoms. The highest BCUT2D eigenvalue weighted by atomic mass is 35.5. The monoisotopic (exact) mass is 375 g/mol. The van der Waals surface area contributed by atoms with Gasteiger partial charge in [0.25, 0.3) is 5.91 Å². The van der Waals surface area contributed by atoms with E-state index in [2.05, 4.69) is 14.9 Å². The Kier molecular flexibility index (Phi) is 5.16. The first kappa shape index (κ1) is 17.2. The Morgan fingerprint density at radius 3 is 2.52 bits per heavy atom. The van der Waals surface area contributed by atoms with Crippen molar-refractivity contribution in [1.29, 1.82) is 0 Å². The Hall–Kier alpha value is -2.64. The van der Waals surface area contributed by atoms with E-state index >= 15 is 0 Å². The summed E-state index contributed by atoms with van der Waals surface area (Å²) in [6.07, 6.45) is 0. The second-order valence-electron chi connectivity index (χ2n) is 4.98. The number of rotatable bonds is 5. The van der Waals surface area contributed by atoms with Gasteiger partial charge in [-0.1, -0.05) is 16.1 Å². The van der Waals surface area contributed by atoms with Crippen LogP contribution in [-0.2, 0) is 0 Å². The number of nitrogens with zero attached hydrogens (tertiary/aromatic N) is 2. The number of benzene rings is 2. The molecule has 1 N–H and O–H groups in total. The van der Waals surface area contributed by atoms with Crippen LogP contribution in [0.1, 0.15) is 9.67 Å². The van der Waals surface area contributed by atoms with Gasteiger partial charge in [0.2, 0.25) is 0 Å². The van der Waals surface area contributed by atoms with Gasteiger partial charge < -0.3 is 14.8 Å². The van der Waals surface area contributed by atoms with E-state index in [-0.39, 0.29) is 5.91 Å². The number of hydrogen-bond acceptors (Lipinski definition) is 6. The number of halogens is 1. The molecule has 0 saturated carbocycles. The minimum Gasteiger partial charge on any atom is -0.497 e. The quantitative estimate of drug-likeness (QED) is 0.725. The standard InChI is InChI=1S/C17H14ClN3O3S/c1-23-12-6-3-10(4-7-12)15-16(25-21-20-15)17(22)19-11-5-8-14(24-2)13(18)9-11/h3-9H,1-2H3,(H,19,22). The van der Waals surface area contributed by atoms with Crippen LogP contribution in [0.4, 0.5) is 5.69 Å². The number of anilines is 1. The van der Waals surface area contributed by atoms with Crippen LogP contribution in [0.3, 0.4) is 0 Å². The van der Waals surface area contributed by atoms with Crippen molar-refractivity contribution in [1.82, 2.24) is 9.59 Å². The van der Waals surface area contributed by atoms with E-state index in [1.54, 1.807) is 37.4 Å². The van der Waals surface area contributed by atoms with Crippen molar-refractivity contribution in [3.8, 4) is 22.8 Å². The summed E-state index contributed by atoms with van der Waals surface area (Å²) in [5, 5.41) is 7.28. The largest absolute Gasteiger partial charge is 0.497 e. The van der Waals surface area contributed by atoms with Crippen molar-refractivity contribution >= 4 is 34.7 Å². The lowest BCUT2D eigenvalue weighted by atomic mass is 10.1. The van der Waals surface area contributed by atoms with Gasteiger partial charge >= 0.3 is 0 Å². The predicted octanol–water partition coefficient (Wildman–Crippen LogP) is 4.13. The molecule has 0 unspecified atom stereocenters. The molecule has 8 heteroatoms. The van der Waals surface area contributed by atoms with Gasteiger partial charge in [-0.15, -0.1) is 5.10 Å². The maximum absolute atomic E-state index is 12.6. The lowest BCUT2D eigenvalue weighted by Gasteiger charge is -2.08. The van der Waals surface area contributed by atoms with Gasteiger partial charge in [0.05, 0.1) is 19.2 Å². The first-order valence-corrected chi connectivity index (χ1v) is 8.39. The molecule has 6 nitrogen and oxygen atoms in total. The fraction of sp³-hybridized carbons (Fsp3) is 0.118. The molecule has 1 heterocycles. The fourth-order valence-electron chi connectivity index (χ4n) is 2.21. The van der Waals surface area contributed by atoms with E-state index < -0.39 is 0 Å². The van der Waals surface area contributed by atoms with Crippen LogP contribution in [0.2, 0.25) is 5.02 Å². The molecule has 1 aromatic heterocycles. The van der Waals surface area contributed by atoms with E-state index in [0.717, 1.165) is 22.8 Å². The molecule has 3 rings (SSSR count). The van der Waals surface area contributed by atoms with E-state index in [4.69, 9.17) is 21.1 Å². The summed E-state index contributed by atoms with van der Waals surface area (Å²) in [6, 6.07) is 12.3.